The van der Waals surface area contributed by atoms with E-state index in [-0.39, 0.29) is 24.1 Å². The topological polar surface area (TPSA) is 106 Å². The van der Waals surface area contributed by atoms with Gasteiger partial charge >= 0.3 is 11.8 Å². The lowest BCUT2D eigenvalue weighted by Crippen LogP contribution is -2.43. The zero-order valence-electron chi connectivity index (χ0n) is 10.1. The van der Waals surface area contributed by atoms with E-state index in [1.54, 1.807) is 0 Å². The van der Waals surface area contributed by atoms with Crippen molar-refractivity contribution < 1.29 is 19.6 Å². The van der Waals surface area contributed by atoms with E-state index in [2.05, 4.69) is 4.98 Å². The largest absolute Gasteiger partial charge is 0.482 e. The molecule has 0 unspecified atom stereocenters. The summed E-state index contributed by atoms with van der Waals surface area (Å²) in [4.78, 5) is 26.1. The Balaban J connectivity index is 2.09. The number of nitrogens with zero attached hydrogens (tertiary/aromatic N) is 3. The minimum absolute atomic E-state index is 0.122. The van der Waals surface area contributed by atoms with E-state index in [0.29, 0.717) is 19.4 Å². The fourth-order valence-electron chi connectivity index (χ4n) is 2.00. The molecule has 19 heavy (non-hydrogen) atoms. The van der Waals surface area contributed by atoms with Crippen LogP contribution in [0.25, 0.3) is 0 Å². The predicted molar refractivity (Wildman–Crippen MR) is 64.1 cm³/mol. The Labute approximate surface area is 108 Å². The number of hydrogen-bond acceptors (Lipinski definition) is 5. The number of nitro groups is 1. The van der Waals surface area contributed by atoms with Crippen molar-refractivity contribution in [1.29, 1.82) is 0 Å². The molecule has 0 aliphatic carbocycles. The van der Waals surface area contributed by atoms with Crippen LogP contribution in [0.5, 0.6) is 5.75 Å². The van der Waals surface area contributed by atoms with Gasteiger partial charge in [0.15, 0.2) is 0 Å². The van der Waals surface area contributed by atoms with Crippen molar-refractivity contribution in [2.75, 3.05) is 13.1 Å². The molecule has 1 atom stereocenters. The smallest absolute Gasteiger partial charge is 0.407 e. The van der Waals surface area contributed by atoms with Crippen LogP contribution in [0.2, 0.25) is 0 Å². The van der Waals surface area contributed by atoms with Crippen LogP contribution in [-0.2, 0) is 0 Å². The van der Waals surface area contributed by atoms with E-state index in [1.165, 1.54) is 17.2 Å². The first-order valence-corrected chi connectivity index (χ1v) is 5.81. The maximum atomic E-state index is 10.9. The molecule has 1 aliphatic rings. The fourth-order valence-corrected chi connectivity index (χ4v) is 2.00. The van der Waals surface area contributed by atoms with Crippen LogP contribution in [0, 0.1) is 10.1 Å². The van der Waals surface area contributed by atoms with Crippen molar-refractivity contribution in [3.63, 3.8) is 0 Å². The minimum Gasteiger partial charge on any atom is -0.482 e. The Kier molecular flexibility index (Phi) is 3.79. The molecular weight excluding hydrogens is 254 g/mol. The predicted octanol–water partition coefficient (Wildman–Crippen LogP) is 1.51. The summed E-state index contributed by atoms with van der Waals surface area (Å²) in [5.74, 6) is 0.122. The summed E-state index contributed by atoms with van der Waals surface area (Å²) in [5.41, 5.74) is -0.213. The first kappa shape index (κ1) is 13.1. The molecule has 1 aliphatic heterocycles. The second-order valence-corrected chi connectivity index (χ2v) is 4.21. The highest BCUT2D eigenvalue weighted by molar-refractivity contribution is 5.65. The van der Waals surface area contributed by atoms with E-state index in [9.17, 15) is 14.9 Å². The number of piperidine rings is 1. The van der Waals surface area contributed by atoms with Crippen LogP contribution in [-0.4, -0.2) is 45.2 Å². The highest BCUT2D eigenvalue weighted by atomic mass is 16.6. The van der Waals surface area contributed by atoms with Crippen LogP contribution < -0.4 is 4.74 Å². The van der Waals surface area contributed by atoms with E-state index in [0.717, 1.165) is 6.20 Å². The molecule has 1 saturated heterocycles. The lowest BCUT2D eigenvalue weighted by molar-refractivity contribution is -0.386. The molecule has 1 aromatic heterocycles. The molecule has 1 amide bonds. The molecule has 0 radical (unpaired) electrons. The monoisotopic (exact) mass is 267 g/mol. The first-order valence-electron chi connectivity index (χ1n) is 5.81. The van der Waals surface area contributed by atoms with Gasteiger partial charge in [-0.25, -0.2) is 4.79 Å². The zero-order valence-corrected chi connectivity index (χ0v) is 10.1. The molecule has 0 saturated carbocycles. The van der Waals surface area contributed by atoms with E-state index < -0.39 is 11.0 Å². The number of aromatic nitrogens is 1. The Bertz CT molecular complexity index is 493. The van der Waals surface area contributed by atoms with Crippen molar-refractivity contribution in [1.82, 2.24) is 9.88 Å². The summed E-state index contributed by atoms with van der Waals surface area (Å²) >= 11 is 0. The second-order valence-electron chi connectivity index (χ2n) is 4.21. The van der Waals surface area contributed by atoms with Crippen LogP contribution in [0.15, 0.2) is 18.5 Å². The quantitative estimate of drug-likeness (QED) is 0.657. The van der Waals surface area contributed by atoms with Gasteiger partial charge in [0.05, 0.1) is 11.5 Å². The van der Waals surface area contributed by atoms with Crippen molar-refractivity contribution in [3.05, 3.63) is 28.6 Å². The number of ether oxygens (including phenoxy) is 1. The van der Waals surface area contributed by atoms with Crippen LogP contribution >= 0.6 is 0 Å². The SMILES string of the molecule is O=C(O)N1CCC[C@@H](Oc2ccncc2[N+](=O)[O-])C1. The lowest BCUT2D eigenvalue weighted by atomic mass is 10.1. The average molecular weight is 267 g/mol. The standard InChI is InChI=1S/C11H13N3O5/c15-11(16)13-5-1-2-8(7-13)19-10-3-4-12-6-9(10)14(17)18/h3-4,6,8H,1-2,5,7H2,(H,15,16)/t8-/m1/s1. The highest BCUT2D eigenvalue weighted by Crippen LogP contribution is 2.27. The van der Waals surface area contributed by atoms with Gasteiger partial charge in [-0.3, -0.25) is 15.1 Å². The summed E-state index contributed by atoms with van der Waals surface area (Å²) < 4.78 is 5.54. The Morgan fingerprint density at radius 2 is 2.42 bits per heavy atom. The molecular formula is C11H13N3O5. The van der Waals surface area contributed by atoms with Crippen LogP contribution in [0.1, 0.15) is 12.8 Å². The molecule has 8 heteroatoms. The van der Waals surface area contributed by atoms with Crippen molar-refractivity contribution >= 4 is 11.8 Å². The normalized spacial score (nSPS) is 18.9. The second kappa shape index (κ2) is 5.51. The Morgan fingerprint density at radius 1 is 1.63 bits per heavy atom. The highest BCUT2D eigenvalue weighted by Gasteiger charge is 2.26. The number of amides is 1. The molecule has 2 rings (SSSR count). The molecule has 1 fully saturated rings. The number of hydrogen-bond donors (Lipinski definition) is 1. The van der Waals surface area contributed by atoms with Gasteiger partial charge in [-0.1, -0.05) is 0 Å². The summed E-state index contributed by atoms with van der Waals surface area (Å²) in [7, 11) is 0. The molecule has 0 aromatic carbocycles. The number of rotatable bonds is 3. The van der Waals surface area contributed by atoms with Crippen molar-refractivity contribution in [2.24, 2.45) is 0 Å². The van der Waals surface area contributed by atoms with Gasteiger partial charge in [0, 0.05) is 18.8 Å². The number of likely N-dealkylation sites (tertiary alicyclic amines) is 1. The summed E-state index contributed by atoms with van der Waals surface area (Å²) in [5, 5.41) is 19.7. The number of pyridine rings is 1. The minimum atomic E-state index is -1.00. The number of carbonyl (C=O) groups is 1. The third kappa shape index (κ3) is 3.09. The van der Waals surface area contributed by atoms with Gasteiger partial charge in [-0.05, 0) is 12.8 Å². The first-order chi connectivity index (χ1) is 9.08. The lowest BCUT2D eigenvalue weighted by Gasteiger charge is -2.30. The maximum absolute atomic E-state index is 10.9. The molecule has 1 N–H and O–H groups in total. The van der Waals surface area contributed by atoms with Crippen LogP contribution in [0.3, 0.4) is 0 Å². The summed E-state index contributed by atoms with van der Waals surface area (Å²) in [6.07, 6.45) is 2.50. The third-order valence-corrected chi connectivity index (χ3v) is 2.90. The Hall–Kier alpha value is -2.38. The molecule has 102 valence electrons. The van der Waals surface area contributed by atoms with Crippen LogP contribution in [0.4, 0.5) is 10.5 Å². The van der Waals surface area contributed by atoms with E-state index >= 15 is 0 Å². The van der Waals surface area contributed by atoms with Gasteiger partial charge in [0.25, 0.3) is 0 Å². The maximum Gasteiger partial charge on any atom is 0.407 e. The Morgan fingerprint density at radius 3 is 3.11 bits per heavy atom. The third-order valence-electron chi connectivity index (χ3n) is 2.90. The molecule has 8 nitrogen and oxygen atoms in total. The molecule has 1 aromatic rings. The molecule has 0 spiro atoms. The summed E-state index contributed by atoms with van der Waals surface area (Å²) in [6.45, 7) is 0.683. The average Bonchev–Trinajstić information content (AvgIpc) is 2.39. The van der Waals surface area contributed by atoms with Gasteiger partial charge in [-0.15, -0.1) is 0 Å². The summed E-state index contributed by atoms with van der Waals surface area (Å²) in [6, 6.07) is 1.41. The number of carboxylic acid groups (broad SMARTS) is 1. The van der Waals surface area contributed by atoms with Gasteiger partial charge < -0.3 is 14.7 Å². The van der Waals surface area contributed by atoms with Gasteiger partial charge in [0.1, 0.15) is 12.3 Å². The zero-order chi connectivity index (χ0) is 13.8. The van der Waals surface area contributed by atoms with E-state index in [1.807, 2.05) is 0 Å². The molecule has 2 heterocycles. The fraction of sp³-hybridized carbons (Fsp3) is 0.455. The van der Waals surface area contributed by atoms with Gasteiger partial charge in [0.2, 0.25) is 5.75 Å². The van der Waals surface area contributed by atoms with Gasteiger partial charge in [-0.2, -0.15) is 0 Å². The van der Waals surface area contributed by atoms with Crippen molar-refractivity contribution in [2.45, 2.75) is 18.9 Å². The molecule has 0 bridgehead atoms. The van der Waals surface area contributed by atoms with E-state index in [4.69, 9.17) is 9.84 Å². The van der Waals surface area contributed by atoms with Crippen molar-refractivity contribution in [3.8, 4) is 5.75 Å².